The number of anilines is 1. The summed E-state index contributed by atoms with van der Waals surface area (Å²) in [5, 5.41) is 14.0. The summed E-state index contributed by atoms with van der Waals surface area (Å²) in [7, 11) is 0. The van der Waals surface area contributed by atoms with E-state index in [0.717, 1.165) is 32.4 Å². The molecule has 6 nitrogen and oxygen atoms in total. The topological polar surface area (TPSA) is 89.5 Å². The van der Waals surface area contributed by atoms with Gasteiger partial charge in [0.05, 0.1) is 5.92 Å². The highest BCUT2D eigenvalue weighted by Gasteiger charge is 2.30. The van der Waals surface area contributed by atoms with Gasteiger partial charge in [-0.15, -0.1) is 0 Å². The molecular formula is C20H23N2O4-. The molecule has 0 aromatic heterocycles. The summed E-state index contributed by atoms with van der Waals surface area (Å²) in [6.45, 7) is 1.52. The van der Waals surface area contributed by atoms with E-state index in [1.807, 2.05) is 11.0 Å². The molecule has 1 aliphatic heterocycles. The van der Waals surface area contributed by atoms with E-state index in [4.69, 9.17) is 0 Å². The quantitative estimate of drug-likeness (QED) is 0.831. The van der Waals surface area contributed by atoms with Crippen molar-refractivity contribution in [1.82, 2.24) is 4.90 Å². The molecule has 3 rings (SSSR count). The zero-order valence-electron chi connectivity index (χ0n) is 14.6. The molecule has 1 aromatic rings. The van der Waals surface area contributed by atoms with Crippen molar-refractivity contribution in [2.45, 2.75) is 32.1 Å². The van der Waals surface area contributed by atoms with Crippen molar-refractivity contribution in [3.05, 3.63) is 42.0 Å². The highest BCUT2D eigenvalue weighted by Crippen LogP contribution is 2.27. The molecule has 138 valence electrons. The lowest BCUT2D eigenvalue weighted by Gasteiger charge is -2.28. The van der Waals surface area contributed by atoms with Crippen molar-refractivity contribution in [2.24, 2.45) is 11.8 Å². The third-order valence-electron chi connectivity index (χ3n) is 5.09. The molecule has 2 atom stereocenters. The van der Waals surface area contributed by atoms with Gasteiger partial charge in [0, 0.05) is 36.2 Å². The van der Waals surface area contributed by atoms with Gasteiger partial charge in [0.2, 0.25) is 5.91 Å². The highest BCUT2D eigenvalue weighted by molar-refractivity contribution is 5.98. The predicted octanol–water partition coefficient (Wildman–Crippen LogP) is 1.58. The number of nitrogens with one attached hydrogen (secondary N) is 1. The number of carbonyl (C=O) groups excluding carboxylic acids is 3. The minimum atomic E-state index is -1.21. The maximum Gasteiger partial charge on any atom is 0.253 e. The van der Waals surface area contributed by atoms with Gasteiger partial charge >= 0.3 is 0 Å². The van der Waals surface area contributed by atoms with Crippen LogP contribution in [0.3, 0.4) is 0 Å². The molecule has 1 saturated heterocycles. The zero-order chi connectivity index (χ0) is 18.5. The number of allylic oxidation sites excluding steroid dienone is 2. The summed E-state index contributed by atoms with van der Waals surface area (Å²) in [5.74, 6) is -3.08. The zero-order valence-corrected chi connectivity index (χ0v) is 14.6. The standard InChI is InChI=1S/C20H24N2O4/c23-18(16-9-2-3-10-17(16)20(25)26)21-15-8-6-7-14(13-15)19(24)22-11-4-1-5-12-22/h2-3,6-8,13,16-17H,1,4-5,9-12H2,(H,21,23)(H,25,26)/p-1/t16-,17-/m0/s1. The Morgan fingerprint density at radius 1 is 1.00 bits per heavy atom. The Kier molecular flexibility index (Phi) is 5.71. The first-order valence-electron chi connectivity index (χ1n) is 9.12. The maximum atomic E-state index is 12.6. The molecule has 1 N–H and O–H groups in total. The number of benzene rings is 1. The van der Waals surface area contributed by atoms with E-state index in [9.17, 15) is 19.5 Å². The number of carbonyl (C=O) groups is 3. The average molecular weight is 355 g/mol. The van der Waals surface area contributed by atoms with Crippen LogP contribution in [-0.2, 0) is 9.59 Å². The van der Waals surface area contributed by atoms with Crippen LogP contribution >= 0.6 is 0 Å². The molecule has 0 bridgehead atoms. The van der Waals surface area contributed by atoms with Crippen molar-refractivity contribution < 1.29 is 19.5 Å². The van der Waals surface area contributed by atoms with Crippen molar-refractivity contribution in [2.75, 3.05) is 18.4 Å². The van der Waals surface area contributed by atoms with E-state index in [1.54, 1.807) is 30.3 Å². The number of carboxylic acid groups (broad SMARTS) is 1. The van der Waals surface area contributed by atoms with Gasteiger partial charge in [-0.3, -0.25) is 9.59 Å². The molecule has 1 fully saturated rings. The fraction of sp³-hybridized carbons (Fsp3) is 0.450. The minimum Gasteiger partial charge on any atom is -0.550 e. The number of piperidine rings is 1. The van der Waals surface area contributed by atoms with E-state index in [1.165, 1.54) is 0 Å². The minimum absolute atomic E-state index is 0.0333. The number of hydrogen-bond donors (Lipinski definition) is 1. The summed E-state index contributed by atoms with van der Waals surface area (Å²) in [6.07, 6.45) is 7.44. The summed E-state index contributed by atoms with van der Waals surface area (Å²) in [6, 6.07) is 6.82. The van der Waals surface area contributed by atoms with E-state index in [2.05, 4.69) is 5.32 Å². The molecule has 6 heteroatoms. The number of amides is 2. The molecule has 2 aliphatic rings. The van der Waals surface area contributed by atoms with Crippen LogP contribution in [0.15, 0.2) is 36.4 Å². The van der Waals surface area contributed by atoms with Crippen LogP contribution in [0.2, 0.25) is 0 Å². The number of rotatable bonds is 4. The lowest BCUT2D eigenvalue weighted by molar-refractivity contribution is -0.313. The van der Waals surface area contributed by atoms with Crippen LogP contribution in [-0.4, -0.2) is 35.8 Å². The first-order valence-corrected chi connectivity index (χ1v) is 9.12. The van der Waals surface area contributed by atoms with Crippen LogP contribution < -0.4 is 10.4 Å². The molecular weight excluding hydrogens is 332 g/mol. The molecule has 0 spiro atoms. The first-order chi connectivity index (χ1) is 12.6. The lowest BCUT2D eigenvalue weighted by atomic mass is 9.82. The van der Waals surface area contributed by atoms with E-state index in [0.29, 0.717) is 24.1 Å². The Hall–Kier alpha value is -2.63. The van der Waals surface area contributed by atoms with Crippen molar-refractivity contribution >= 4 is 23.5 Å². The van der Waals surface area contributed by atoms with Gasteiger partial charge in [0.1, 0.15) is 0 Å². The number of likely N-dealkylation sites (tertiary alicyclic amines) is 1. The molecule has 1 aliphatic carbocycles. The Balaban J connectivity index is 1.70. The van der Waals surface area contributed by atoms with Crippen LogP contribution in [0.5, 0.6) is 0 Å². The van der Waals surface area contributed by atoms with E-state index < -0.39 is 17.8 Å². The number of carboxylic acids is 1. The summed E-state index contributed by atoms with van der Waals surface area (Å²) in [4.78, 5) is 38.2. The molecule has 2 amide bonds. The summed E-state index contributed by atoms with van der Waals surface area (Å²) < 4.78 is 0. The van der Waals surface area contributed by atoms with Crippen LogP contribution in [0.1, 0.15) is 42.5 Å². The Bertz CT molecular complexity index is 722. The Morgan fingerprint density at radius 3 is 2.38 bits per heavy atom. The SMILES string of the molecule is O=C([O-])[C@H]1CC=CC[C@@H]1C(=O)Nc1cccc(C(=O)N2CCCCC2)c1. The lowest BCUT2D eigenvalue weighted by Crippen LogP contribution is -2.41. The molecule has 1 aromatic carbocycles. The Labute approximate surface area is 152 Å². The van der Waals surface area contributed by atoms with Crippen LogP contribution in [0.4, 0.5) is 5.69 Å². The average Bonchev–Trinajstić information content (AvgIpc) is 2.68. The number of hydrogen-bond acceptors (Lipinski definition) is 4. The molecule has 1 heterocycles. The highest BCUT2D eigenvalue weighted by atomic mass is 16.4. The first kappa shape index (κ1) is 18.2. The van der Waals surface area contributed by atoms with Crippen molar-refractivity contribution in [3.8, 4) is 0 Å². The predicted molar refractivity (Wildman–Crippen MR) is 95.2 cm³/mol. The molecule has 0 saturated carbocycles. The molecule has 0 unspecified atom stereocenters. The van der Waals surface area contributed by atoms with Gasteiger partial charge in [0.15, 0.2) is 0 Å². The van der Waals surface area contributed by atoms with Gasteiger partial charge in [0.25, 0.3) is 5.91 Å². The smallest absolute Gasteiger partial charge is 0.253 e. The van der Waals surface area contributed by atoms with Gasteiger partial charge in [-0.1, -0.05) is 18.2 Å². The van der Waals surface area contributed by atoms with Crippen molar-refractivity contribution in [3.63, 3.8) is 0 Å². The second kappa shape index (κ2) is 8.17. The number of nitrogens with zero attached hydrogens (tertiary/aromatic N) is 1. The maximum absolute atomic E-state index is 12.6. The van der Waals surface area contributed by atoms with Gasteiger partial charge < -0.3 is 20.1 Å². The molecule has 0 radical (unpaired) electrons. The fourth-order valence-electron chi connectivity index (χ4n) is 3.61. The number of aliphatic carboxylic acids is 1. The fourth-order valence-corrected chi connectivity index (χ4v) is 3.61. The van der Waals surface area contributed by atoms with Gasteiger partial charge in [-0.05, 0) is 50.3 Å². The van der Waals surface area contributed by atoms with Gasteiger partial charge in [-0.2, -0.15) is 0 Å². The van der Waals surface area contributed by atoms with E-state index >= 15 is 0 Å². The van der Waals surface area contributed by atoms with E-state index in [-0.39, 0.29) is 11.8 Å². The summed E-state index contributed by atoms with van der Waals surface area (Å²) in [5.41, 5.74) is 1.04. The van der Waals surface area contributed by atoms with Crippen molar-refractivity contribution in [1.29, 1.82) is 0 Å². The Morgan fingerprint density at radius 2 is 1.69 bits per heavy atom. The largest absolute Gasteiger partial charge is 0.550 e. The second-order valence-corrected chi connectivity index (χ2v) is 6.90. The van der Waals surface area contributed by atoms with Crippen LogP contribution in [0, 0.1) is 11.8 Å². The van der Waals surface area contributed by atoms with Crippen LogP contribution in [0.25, 0.3) is 0 Å². The summed E-state index contributed by atoms with van der Waals surface area (Å²) >= 11 is 0. The third kappa shape index (κ3) is 4.12. The van der Waals surface area contributed by atoms with Gasteiger partial charge in [-0.25, -0.2) is 0 Å². The normalized spacial score (nSPS) is 22.7. The third-order valence-corrected chi connectivity index (χ3v) is 5.09. The molecule has 26 heavy (non-hydrogen) atoms. The second-order valence-electron chi connectivity index (χ2n) is 6.90. The monoisotopic (exact) mass is 355 g/mol.